The lowest BCUT2D eigenvalue weighted by Gasteiger charge is -2.17. The third kappa shape index (κ3) is 4.36. The van der Waals surface area contributed by atoms with Crippen molar-refractivity contribution >= 4 is 28.5 Å². The normalized spacial score (nSPS) is 12.1. The van der Waals surface area contributed by atoms with E-state index in [2.05, 4.69) is 5.32 Å². The molecule has 1 aromatic heterocycles. The number of nitrogens with one attached hydrogen (secondary N) is 1. The maximum atomic E-state index is 14.3. The summed E-state index contributed by atoms with van der Waals surface area (Å²) in [5.74, 6) is 0.305. The number of carbonyl (C=O) groups excluding carboxylic acids is 1. The first-order valence-electron chi connectivity index (χ1n) is 9.73. The van der Waals surface area contributed by atoms with Gasteiger partial charge in [-0.05, 0) is 42.8 Å². The summed E-state index contributed by atoms with van der Waals surface area (Å²) in [5, 5.41) is 3.65. The van der Waals surface area contributed by atoms with Crippen molar-refractivity contribution in [3.05, 3.63) is 101 Å². The average molecular weight is 422 g/mol. The Morgan fingerprint density at radius 1 is 1.07 bits per heavy atom. The van der Waals surface area contributed by atoms with E-state index in [1.54, 1.807) is 24.3 Å². The van der Waals surface area contributed by atoms with Crippen LogP contribution in [0.3, 0.4) is 0 Å². The Bertz CT molecular complexity index is 1190. The van der Waals surface area contributed by atoms with Gasteiger partial charge in [0.05, 0.1) is 30.0 Å². The Morgan fingerprint density at radius 3 is 2.53 bits per heavy atom. The number of imidazole rings is 1. The SMILES string of the molecule is CC(NC(=O)Cc1ccc(Cl)cc1)c1nc2ccccc2n1Cc1ccccc1F. The molecule has 4 rings (SSSR count). The number of aromatic nitrogens is 2. The van der Waals surface area contributed by atoms with Gasteiger partial charge in [-0.2, -0.15) is 0 Å². The molecule has 4 nitrogen and oxygen atoms in total. The number of nitrogens with zero attached hydrogens (tertiary/aromatic N) is 2. The molecule has 1 heterocycles. The molecule has 0 bridgehead atoms. The van der Waals surface area contributed by atoms with E-state index >= 15 is 0 Å². The minimum atomic E-state index is -0.344. The number of fused-ring (bicyclic) bond motifs is 1. The fraction of sp³-hybridized carbons (Fsp3) is 0.167. The lowest BCUT2D eigenvalue weighted by atomic mass is 10.1. The smallest absolute Gasteiger partial charge is 0.224 e. The Kier molecular flexibility index (Phi) is 5.81. The molecule has 0 radical (unpaired) electrons. The van der Waals surface area contributed by atoms with Gasteiger partial charge in [0.25, 0.3) is 0 Å². The van der Waals surface area contributed by atoms with E-state index < -0.39 is 0 Å². The molecule has 1 unspecified atom stereocenters. The number of benzene rings is 3. The first kappa shape index (κ1) is 20.1. The van der Waals surface area contributed by atoms with E-state index in [0.29, 0.717) is 23.0 Å². The summed E-state index contributed by atoms with van der Waals surface area (Å²) in [5.41, 5.74) is 3.16. The van der Waals surface area contributed by atoms with Crippen LogP contribution in [-0.4, -0.2) is 15.5 Å². The highest BCUT2D eigenvalue weighted by Gasteiger charge is 2.19. The molecule has 0 aliphatic heterocycles. The van der Waals surface area contributed by atoms with Crippen LogP contribution in [0.5, 0.6) is 0 Å². The lowest BCUT2D eigenvalue weighted by Crippen LogP contribution is -2.30. The molecule has 0 aliphatic rings. The Labute approximate surface area is 179 Å². The topological polar surface area (TPSA) is 46.9 Å². The highest BCUT2D eigenvalue weighted by atomic mass is 35.5. The van der Waals surface area contributed by atoms with Gasteiger partial charge >= 0.3 is 0 Å². The van der Waals surface area contributed by atoms with Gasteiger partial charge in [-0.25, -0.2) is 9.37 Å². The number of para-hydroxylation sites is 2. The minimum Gasteiger partial charge on any atom is -0.346 e. The highest BCUT2D eigenvalue weighted by molar-refractivity contribution is 6.30. The van der Waals surface area contributed by atoms with Crippen molar-refractivity contribution in [2.75, 3.05) is 0 Å². The molecule has 0 spiro atoms. The highest BCUT2D eigenvalue weighted by Crippen LogP contribution is 2.23. The molecule has 1 atom stereocenters. The van der Waals surface area contributed by atoms with Gasteiger partial charge in [-0.15, -0.1) is 0 Å². The summed E-state index contributed by atoms with van der Waals surface area (Å²) in [7, 11) is 0. The first-order chi connectivity index (χ1) is 14.5. The third-order valence-electron chi connectivity index (χ3n) is 5.01. The standard InChI is InChI=1S/C24H21ClFN3O/c1-16(27-23(30)14-17-10-12-19(25)13-11-17)24-28-21-8-4-5-9-22(21)29(24)15-18-6-2-3-7-20(18)26/h2-13,16H,14-15H2,1H3,(H,27,30). The summed E-state index contributed by atoms with van der Waals surface area (Å²) in [4.78, 5) is 17.3. The quantitative estimate of drug-likeness (QED) is 0.459. The van der Waals surface area contributed by atoms with Gasteiger partial charge in [-0.1, -0.05) is 54.1 Å². The fourth-order valence-corrected chi connectivity index (χ4v) is 3.66. The first-order valence-corrected chi connectivity index (χ1v) is 10.1. The van der Waals surface area contributed by atoms with Crippen LogP contribution in [-0.2, 0) is 17.8 Å². The van der Waals surface area contributed by atoms with Gasteiger partial charge in [0.2, 0.25) is 5.91 Å². The Hall–Kier alpha value is -3.18. The number of hydrogen-bond acceptors (Lipinski definition) is 2. The summed E-state index contributed by atoms with van der Waals surface area (Å²) < 4.78 is 16.2. The molecular formula is C24H21ClFN3O. The average Bonchev–Trinajstić information content (AvgIpc) is 3.10. The van der Waals surface area contributed by atoms with Crippen LogP contribution in [0.15, 0.2) is 72.8 Å². The molecule has 6 heteroatoms. The van der Waals surface area contributed by atoms with Crippen molar-refractivity contribution in [1.29, 1.82) is 0 Å². The second-order valence-corrected chi connectivity index (χ2v) is 7.67. The number of hydrogen-bond donors (Lipinski definition) is 1. The molecular weight excluding hydrogens is 401 g/mol. The second kappa shape index (κ2) is 8.67. The van der Waals surface area contributed by atoms with Gasteiger partial charge in [-0.3, -0.25) is 4.79 Å². The van der Waals surface area contributed by atoms with Crippen molar-refractivity contribution in [3.63, 3.8) is 0 Å². The van der Waals surface area contributed by atoms with Crippen LogP contribution < -0.4 is 5.32 Å². The maximum absolute atomic E-state index is 14.3. The molecule has 0 fully saturated rings. The monoisotopic (exact) mass is 421 g/mol. The van der Waals surface area contributed by atoms with E-state index in [0.717, 1.165) is 16.6 Å². The lowest BCUT2D eigenvalue weighted by molar-refractivity contribution is -0.121. The summed E-state index contributed by atoms with van der Waals surface area (Å²) in [6.45, 7) is 2.22. The van der Waals surface area contributed by atoms with Crippen LogP contribution >= 0.6 is 11.6 Å². The van der Waals surface area contributed by atoms with Crippen molar-refractivity contribution < 1.29 is 9.18 Å². The minimum absolute atomic E-state index is 0.116. The maximum Gasteiger partial charge on any atom is 0.224 e. The molecule has 4 aromatic rings. The summed E-state index contributed by atoms with van der Waals surface area (Å²) >= 11 is 5.91. The van der Waals surface area contributed by atoms with E-state index in [4.69, 9.17) is 16.6 Å². The van der Waals surface area contributed by atoms with Gasteiger partial charge in [0.15, 0.2) is 0 Å². The van der Waals surface area contributed by atoms with Gasteiger partial charge in [0, 0.05) is 10.6 Å². The van der Waals surface area contributed by atoms with Crippen LogP contribution in [0.2, 0.25) is 5.02 Å². The molecule has 1 N–H and O–H groups in total. The third-order valence-corrected chi connectivity index (χ3v) is 5.27. The molecule has 0 saturated heterocycles. The predicted octanol–water partition coefficient (Wildman–Crippen LogP) is 5.30. The number of carbonyl (C=O) groups is 1. The Morgan fingerprint density at radius 2 is 1.77 bits per heavy atom. The summed E-state index contributed by atoms with van der Waals surface area (Å²) in [6.07, 6.45) is 0.245. The van der Waals surface area contributed by atoms with E-state index in [1.165, 1.54) is 6.07 Å². The zero-order chi connectivity index (χ0) is 21.1. The summed E-state index contributed by atoms with van der Waals surface area (Å²) in [6, 6.07) is 21.3. The molecule has 0 aliphatic carbocycles. The molecule has 152 valence electrons. The zero-order valence-corrected chi connectivity index (χ0v) is 17.2. The zero-order valence-electron chi connectivity index (χ0n) is 16.5. The van der Waals surface area contributed by atoms with Crippen molar-refractivity contribution in [3.8, 4) is 0 Å². The van der Waals surface area contributed by atoms with E-state index in [-0.39, 0.29) is 24.2 Å². The van der Waals surface area contributed by atoms with E-state index in [9.17, 15) is 9.18 Å². The number of rotatable bonds is 6. The molecule has 30 heavy (non-hydrogen) atoms. The van der Waals surface area contributed by atoms with Crippen LogP contribution in [0.1, 0.15) is 29.9 Å². The van der Waals surface area contributed by atoms with Gasteiger partial charge in [0.1, 0.15) is 11.6 Å². The van der Waals surface area contributed by atoms with Crippen molar-refractivity contribution in [2.24, 2.45) is 0 Å². The van der Waals surface area contributed by atoms with Crippen LogP contribution in [0.4, 0.5) is 4.39 Å². The largest absolute Gasteiger partial charge is 0.346 e. The second-order valence-electron chi connectivity index (χ2n) is 7.23. The molecule has 0 saturated carbocycles. The fourth-order valence-electron chi connectivity index (χ4n) is 3.53. The molecule has 3 aromatic carbocycles. The number of amides is 1. The number of halogens is 2. The molecule has 1 amide bonds. The van der Waals surface area contributed by atoms with E-state index in [1.807, 2.05) is 54.0 Å². The predicted molar refractivity (Wildman–Crippen MR) is 117 cm³/mol. The van der Waals surface area contributed by atoms with Gasteiger partial charge < -0.3 is 9.88 Å². The van der Waals surface area contributed by atoms with Crippen LogP contribution in [0, 0.1) is 5.82 Å². The van der Waals surface area contributed by atoms with Crippen molar-refractivity contribution in [1.82, 2.24) is 14.9 Å². The van der Waals surface area contributed by atoms with Crippen molar-refractivity contribution in [2.45, 2.75) is 25.9 Å². The van der Waals surface area contributed by atoms with Crippen LogP contribution in [0.25, 0.3) is 11.0 Å². The Balaban J connectivity index is 1.60.